The average molecular weight is 236 g/mol. The fraction of sp³-hybridized carbons (Fsp3) is 0.333. The van der Waals surface area contributed by atoms with Gasteiger partial charge in [-0.25, -0.2) is 0 Å². The van der Waals surface area contributed by atoms with E-state index in [1.807, 2.05) is 30.3 Å². The molecular weight excluding hydrogens is 220 g/mol. The third-order valence-corrected chi connectivity index (χ3v) is 2.03. The first-order chi connectivity index (χ1) is 8.18. The zero-order chi connectivity index (χ0) is 12.5. The Kier molecular flexibility index (Phi) is 5.57. The number of nitrogens with two attached hydrogens (primary N) is 1. The van der Waals surface area contributed by atoms with Crippen LogP contribution in [0.15, 0.2) is 30.3 Å². The quantitative estimate of drug-likeness (QED) is 0.721. The maximum atomic E-state index is 11.3. The van der Waals surface area contributed by atoms with Crippen molar-refractivity contribution in [3.05, 3.63) is 30.3 Å². The predicted octanol–water partition coefficient (Wildman–Crippen LogP) is 0.447. The molecule has 92 valence electrons. The third kappa shape index (κ3) is 6.19. The summed E-state index contributed by atoms with van der Waals surface area (Å²) >= 11 is 0. The molecule has 0 atom stereocenters. The van der Waals surface area contributed by atoms with E-state index in [0.717, 1.165) is 5.75 Å². The Bertz CT molecular complexity index is 365. The van der Waals surface area contributed by atoms with Gasteiger partial charge in [0, 0.05) is 13.0 Å². The topological polar surface area (TPSA) is 81.4 Å². The highest BCUT2D eigenvalue weighted by Crippen LogP contribution is 2.08. The summed E-state index contributed by atoms with van der Waals surface area (Å²) in [5.74, 6) is 0.158. The van der Waals surface area contributed by atoms with E-state index in [2.05, 4.69) is 5.32 Å². The molecule has 5 heteroatoms. The summed E-state index contributed by atoms with van der Waals surface area (Å²) in [6.07, 6.45) is 0.416. The van der Waals surface area contributed by atoms with Crippen LogP contribution < -0.4 is 15.8 Å². The molecule has 1 aromatic rings. The normalized spacial score (nSPS) is 9.65. The number of benzene rings is 1. The van der Waals surface area contributed by atoms with Crippen LogP contribution in [0.25, 0.3) is 0 Å². The lowest BCUT2D eigenvalue weighted by molar-refractivity contribution is -0.121. The van der Waals surface area contributed by atoms with E-state index in [9.17, 15) is 9.59 Å². The van der Waals surface area contributed by atoms with Gasteiger partial charge in [-0.05, 0) is 12.1 Å². The standard InChI is InChI=1S/C12H16N2O3/c13-11(15)6-8-14-12(16)7-9-17-10-4-2-1-3-5-10/h1-5H,6-9H2,(H2,13,15)(H,14,16). The molecule has 0 saturated heterocycles. The van der Waals surface area contributed by atoms with Gasteiger partial charge in [0.2, 0.25) is 11.8 Å². The summed E-state index contributed by atoms with van der Waals surface area (Å²) in [5.41, 5.74) is 4.94. The van der Waals surface area contributed by atoms with Crippen LogP contribution in [0.3, 0.4) is 0 Å². The van der Waals surface area contributed by atoms with Gasteiger partial charge in [-0.2, -0.15) is 0 Å². The van der Waals surface area contributed by atoms with Crippen molar-refractivity contribution in [3.8, 4) is 5.75 Å². The molecule has 1 aromatic carbocycles. The van der Waals surface area contributed by atoms with E-state index in [1.165, 1.54) is 0 Å². The fourth-order valence-electron chi connectivity index (χ4n) is 1.19. The maximum Gasteiger partial charge on any atom is 0.223 e. The molecule has 0 heterocycles. The van der Waals surface area contributed by atoms with Gasteiger partial charge in [0.05, 0.1) is 13.0 Å². The fourth-order valence-corrected chi connectivity index (χ4v) is 1.19. The van der Waals surface area contributed by atoms with E-state index in [1.54, 1.807) is 0 Å². The second-order valence-corrected chi connectivity index (χ2v) is 3.48. The SMILES string of the molecule is NC(=O)CCNC(=O)CCOc1ccccc1. The van der Waals surface area contributed by atoms with Gasteiger partial charge in [-0.1, -0.05) is 18.2 Å². The Labute approximate surface area is 99.9 Å². The van der Waals surface area contributed by atoms with Crippen molar-refractivity contribution in [2.45, 2.75) is 12.8 Å². The van der Waals surface area contributed by atoms with E-state index >= 15 is 0 Å². The zero-order valence-electron chi connectivity index (χ0n) is 9.52. The van der Waals surface area contributed by atoms with Crippen LogP contribution in [0.5, 0.6) is 5.75 Å². The van der Waals surface area contributed by atoms with Gasteiger partial charge in [-0.3, -0.25) is 9.59 Å². The minimum Gasteiger partial charge on any atom is -0.493 e. The molecular formula is C12H16N2O3. The summed E-state index contributed by atoms with van der Waals surface area (Å²) in [4.78, 5) is 21.7. The Morgan fingerprint density at radius 3 is 2.53 bits per heavy atom. The molecule has 0 spiro atoms. The van der Waals surface area contributed by atoms with Crippen molar-refractivity contribution in [1.29, 1.82) is 0 Å². The van der Waals surface area contributed by atoms with Gasteiger partial charge in [0.1, 0.15) is 5.75 Å². The molecule has 17 heavy (non-hydrogen) atoms. The van der Waals surface area contributed by atoms with E-state index in [4.69, 9.17) is 10.5 Å². The van der Waals surface area contributed by atoms with Crippen LogP contribution in [0.1, 0.15) is 12.8 Å². The van der Waals surface area contributed by atoms with Crippen molar-refractivity contribution in [3.63, 3.8) is 0 Å². The van der Waals surface area contributed by atoms with Crippen molar-refractivity contribution >= 4 is 11.8 Å². The lowest BCUT2D eigenvalue weighted by Gasteiger charge is -2.06. The van der Waals surface area contributed by atoms with Gasteiger partial charge in [-0.15, -0.1) is 0 Å². The number of hydrogen-bond acceptors (Lipinski definition) is 3. The number of rotatable bonds is 7. The second-order valence-electron chi connectivity index (χ2n) is 3.48. The lowest BCUT2D eigenvalue weighted by Crippen LogP contribution is -2.28. The maximum absolute atomic E-state index is 11.3. The highest BCUT2D eigenvalue weighted by Gasteiger charge is 2.02. The van der Waals surface area contributed by atoms with Crippen molar-refractivity contribution in [2.24, 2.45) is 5.73 Å². The van der Waals surface area contributed by atoms with Gasteiger partial charge >= 0.3 is 0 Å². The van der Waals surface area contributed by atoms with Gasteiger partial charge in [0.15, 0.2) is 0 Å². The average Bonchev–Trinajstić information content (AvgIpc) is 2.30. The third-order valence-electron chi connectivity index (χ3n) is 2.03. The largest absolute Gasteiger partial charge is 0.493 e. The summed E-state index contributed by atoms with van der Waals surface area (Å²) in [5, 5.41) is 2.58. The Morgan fingerprint density at radius 2 is 1.88 bits per heavy atom. The summed E-state index contributed by atoms with van der Waals surface area (Å²) in [7, 11) is 0. The highest BCUT2D eigenvalue weighted by molar-refractivity contribution is 5.78. The monoisotopic (exact) mass is 236 g/mol. The summed E-state index contributed by atoms with van der Waals surface area (Å²) in [6.45, 7) is 0.589. The number of carbonyl (C=O) groups is 2. The first-order valence-electron chi connectivity index (χ1n) is 5.41. The molecule has 0 fully saturated rings. The van der Waals surface area contributed by atoms with Crippen LogP contribution in [0.4, 0.5) is 0 Å². The number of ether oxygens (including phenoxy) is 1. The molecule has 0 radical (unpaired) electrons. The van der Waals surface area contributed by atoms with E-state index in [-0.39, 0.29) is 25.3 Å². The smallest absolute Gasteiger partial charge is 0.223 e. The highest BCUT2D eigenvalue weighted by atomic mass is 16.5. The number of hydrogen-bond donors (Lipinski definition) is 2. The van der Waals surface area contributed by atoms with Gasteiger partial charge < -0.3 is 15.8 Å². The number of carbonyl (C=O) groups excluding carboxylic acids is 2. The number of amides is 2. The lowest BCUT2D eigenvalue weighted by atomic mass is 10.3. The van der Waals surface area contributed by atoms with Gasteiger partial charge in [0.25, 0.3) is 0 Å². The molecule has 1 rings (SSSR count). The Balaban J connectivity index is 2.10. The summed E-state index contributed by atoms with van der Waals surface area (Å²) < 4.78 is 5.35. The zero-order valence-corrected chi connectivity index (χ0v) is 9.52. The Hall–Kier alpha value is -2.04. The van der Waals surface area contributed by atoms with Crippen molar-refractivity contribution < 1.29 is 14.3 Å². The van der Waals surface area contributed by atoms with Crippen LogP contribution in [0, 0.1) is 0 Å². The molecule has 3 N–H and O–H groups in total. The van der Waals surface area contributed by atoms with Crippen LogP contribution in [-0.2, 0) is 9.59 Å². The molecule has 0 unspecified atom stereocenters. The molecule has 0 aliphatic heterocycles. The Morgan fingerprint density at radius 1 is 1.18 bits per heavy atom. The predicted molar refractivity (Wildman–Crippen MR) is 63.4 cm³/mol. The molecule has 0 aliphatic rings. The van der Waals surface area contributed by atoms with E-state index < -0.39 is 5.91 Å². The van der Waals surface area contributed by atoms with Crippen LogP contribution in [-0.4, -0.2) is 25.0 Å². The molecule has 0 aliphatic carbocycles. The minimum atomic E-state index is -0.425. The number of primary amides is 1. The molecule has 0 aromatic heterocycles. The van der Waals surface area contributed by atoms with Crippen molar-refractivity contribution in [1.82, 2.24) is 5.32 Å². The second kappa shape index (κ2) is 7.27. The molecule has 0 bridgehead atoms. The van der Waals surface area contributed by atoms with E-state index in [0.29, 0.717) is 6.61 Å². The molecule has 0 saturated carbocycles. The minimum absolute atomic E-state index is 0.151. The first-order valence-corrected chi connectivity index (χ1v) is 5.41. The first kappa shape index (κ1) is 13.0. The van der Waals surface area contributed by atoms with Crippen LogP contribution in [0.2, 0.25) is 0 Å². The molecule has 2 amide bonds. The molecule has 5 nitrogen and oxygen atoms in total. The number of para-hydroxylation sites is 1. The van der Waals surface area contributed by atoms with Crippen LogP contribution >= 0.6 is 0 Å². The van der Waals surface area contributed by atoms with Crippen molar-refractivity contribution in [2.75, 3.05) is 13.2 Å². The summed E-state index contributed by atoms with van der Waals surface area (Å²) in [6, 6.07) is 9.27. The number of nitrogens with one attached hydrogen (secondary N) is 1.